The van der Waals surface area contributed by atoms with E-state index in [0.29, 0.717) is 30.8 Å². The van der Waals surface area contributed by atoms with Crippen molar-refractivity contribution in [2.75, 3.05) is 13.1 Å². The van der Waals surface area contributed by atoms with E-state index < -0.39 is 22.9 Å². The third kappa shape index (κ3) is 4.57. The van der Waals surface area contributed by atoms with Gasteiger partial charge in [-0.3, -0.25) is 9.78 Å². The van der Waals surface area contributed by atoms with Gasteiger partial charge in [0.1, 0.15) is 11.5 Å². The molecule has 0 bridgehead atoms. The van der Waals surface area contributed by atoms with Gasteiger partial charge in [0.2, 0.25) is 0 Å². The van der Waals surface area contributed by atoms with E-state index in [1.165, 1.54) is 12.1 Å². The van der Waals surface area contributed by atoms with Gasteiger partial charge in [0.25, 0.3) is 0 Å². The van der Waals surface area contributed by atoms with Crippen LogP contribution in [0.4, 0.5) is 17.6 Å². The monoisotopic (exact) mass is 550 g/mol. The van der Waals surface area contributed by atoms with E-state index in [0.717, 1.165) is 46.5 Å². The Bertz CT molecular complexity index is 1610. The number of hydrogen-bond donors (Lipinski definition) is 0. The van der Waals surface area contributed by atoms with E-state index in [9.17, 15) is 22.4 Å². The summed E-state index contributed by atoms with van der Waals surface area (Å²) in [5, 5.41) is 4.53. The minimum atomic E-state index is -1.52. The Morgan fingerprint density at radius 2 is 1.77 bits per heavy atom. The highest BCUT2D eigenvalue weighted by Gasteiger charge is 2.49. The first-order chi connectivity index (χ1) is 18.7. The Kier molecular flexibility index (Phi) is 6.39. The quantitative estimate of drug-likeness (QED) is 0.125. The summed E-state index contributed by atoms with van der Waals surface area (Å²) >= 11 is 1.09. The molecule has 1 unspecified atom stereocenters. The predicted molar refractivity (Wildman–Crippen MR) is 139 cm³/mol. The molecular formula is C29H22F4N4OS. The molecule has 0 spiro atoms. The van der Waals surface area contributed by atoms with E-state index >= 15 is 0 Å². The molecule has 0 saturated carbocycles. The SMILES string of the molecule is Cc1ccnc(C(=O)C23Cc4cnn(-c5ccc(F)cc5)c4C=C2CCN(Sc2cc(F)c(F)c(F)c2)C3)c1. The van der Waals surface area contributed by atoms with Gasteiger partial charge in [0, 0.05) is 24.2 Å². The van der Waals surface area contributed by atoms with E-state index in [1.54, 1.807) is 35.3 Å². The zero-order valence-electron chi connectivity index (χ0n) is 20.8. The maximum Gasteiger partial charge on any atom is 0.194 e. The Labute approximate surface area is 226 Å². The largest absolute Gasteiger partial charge is 0.291 e. The van der Waals surface area contributed by atoms with E-state index in [-0.39, 0.29) is 23.0 Å². The molecule has 10 heteroatoms. The topological polar surface area (TPSA) is 51.0 Å². The third-order valence-electron chi connectivity index (χ3n) is 7.23. The van der Waals surface area contributed by atoms with Crippen LogP contribution in [0.2, 0.25) is 0 Å². The summed E-state index contributed by atoms with van der Waals surface area (Å²) < 4.78 is 58.5. The van der Waals surface area contributed by atoms with Gasteiger partial charge in [-0.25, -0.2) is 26.5 Å². The van der Waals surface area contributed by atoms with Crippen LogP contribution in [0.15, 0.2) is 71.4 Å². The molecule has 1 aliphatic heterocycles. The summed E-state index contributed by atoms with van der Waals surface area (Å²) in [4.78, 5) is 18.8. The van der Waals surface area contributed by atoms with Crippen LogP contribution in [-0.4, -0.2) is 37.9 Å². The molecule has 2 aromatic heterocycles. The predicted octanol–water partition coefficient (Wildman–Crippen LogP) is 6.35. The fourth-order valence-corrected chi connectivity index (χ4v) is 6.40. The number of carbonyl (C=O) groups is 1. The number of nitrogens with zero attached hydrogens (tertiary/aromatic N) is 4. The number of hydrogen-bond acceptors (Lipinski definition) is 5. The molecule has 1 saturated heterocycles. The highest BCUT2D eigenvalue weighted by atomic mass is 32.2. The molecule has 2 aliphatic rings. The lowest BCUT2D eigenvalue weighted by molar-refractivity contribution is 0.0775. The van der Waals surface area contributed by atoms with Gasteiger partial charge in [-0.15, -0.1) is 0 Å². The molecule has 2 aromatic carbocycles. The molecule has 0 N–H and O–H groups in total. The standard InChI is InChI=1S/C29H22F4N4OS/c1-17-6-8-34-25(10-17)28(38)29-14-18-15-35-37(21-4-2-20(30)3-5-21)26(18)11-19(29)7-9-36(16-29)39-22-12-23(31)27(33)24(32)13-22/h2-6,8,10-13,15H,7,9,14,16H2,1H3. The van der Waals surface area contributed by atoms with Crippen LogP contribution in [0, 0.1) is 35.6 Å². The van der Waals surface area contributed by atoms with E-state index in [2.05, 4.69) is 10.1 Å². The number of aromatic nitrogens is 3. The second kappa shape index (κ2) is 9.77. The number of piperidine rings is 1. The zero-order chi connectivity index (χ0) is 27.3. The molecule has 1 aliphatic carbocycles. The van der Waals surface area contributed by atoms with Crippen molar-refractivity contribution in [1.29, 1.82) is 0 Å². The number of aryl methyl sites for hydroxylation is 1. The first-order valence-electron chi connectivity index (χ1n) is 12.3. The number of ketones is 1. The van der Waals surface area contributed by atoms with Crippen molar-refractivity contribution in [3.63, 3.8) is 0 Å². The second-order valence-corrected chi connectivity index (χ2v) is 11.0. The highest BCUT2D eigenvalue weighted by Crippen LogP contribution is 2.48. The normalized spacial score (nSPS) is 18.8. The Balaban J connectivity index is 1.40. The van der Waals surface area contributed by atoms with Crippen LogP contribution < -0.4 is 0 Å². The molecule has 1 atom stereocenters. The molecule has 5 nitrogen and oxygen atoms in total. The van der Waals surface area contributed by atoms with Gasteiger partial charge >= 0.3 is 0 Å². The minimum absolute atomic E-state index is 0.153. The van der Waals surface area contributed by atoms with Crippen molar-refractivity contribution in [3.8, 4) is 5.69 Å². The van der Waals surface area contributed by atoms with Crippen molar-refractivity contribution in [3.05, 3.63) is 112 Å². The van der Waals surface area contributed by atoms with Gasteiger partial charge in [0.05, 0.1) is 23.0 Å². The highest BCUT2D eigenvalue weighted by molar-refractivity contribution is 7.97. The summed E-state index contributed by atoms with van der Waals surface area (Å²) in [5.41, 5.74) is 3.50. The average molecular weight is 551 g/mol. The van der Waals surface area contributed by atoms with Crippen molar-refractivity contribution in [2.45, 2.75) is 24.7 Å². The number of benzene rings is 2. The Morgan fingerprint density at radius 3 is 2.49 bits per heavy atom. The van der Waals surface area contributed by atoms with Crippen molar-refractivity contribution in [2.24, 2.45) is 5.41 Å². The van der Waals surface area contributed by atoms with Crippen LogP contribution in [-0.2, 0) is 6.42 Å². The smallest absolute Gasteiger partial charge is 0.194 e. The number of rotatable bonds is 5. The molecule has 198 valence electrons. The first-order valence-corrected chi connectivity index (χ1v) is 13.1. The van der Waals surface area contributed by atoms with Crippen molar-refractivity contribution in [1.82, 2.24) is 19.1 Å². The van der Waals surface area contributed by atoms with Crippen LogP contribution >= 0.6 is 11.9 Å². The van der Waals surface area contributed by atoms with Crippen LogP contribution in [0.3, 0.4) is 0 Å². The molecule has 1 fully saturated rings. The Morgan fingerprint density at radius 1 is 1.03 bits per heavy atom. The van der Waals surface area contributed by atoms with Gasteiger partial charge in [-0.2, -0.15) is 5.10 Å². The minimum Gasteiger partial charge on any atom is -0.291 e. The average Bonchev–Trinajstić information content (AvgIpc) is 3.32. The first kappa shape index (κ1) is 25.5. The summed E-state index contributed by atoms with van der Waals surface area (Å²) in [7, 11) is 0. The van der Waals surface area contributed by atoms with E-state index in [1.807, 2.05) is 23.4 Å². The van der Waals surface area contributed by atoms with Gasteiger partial charge in [0.15, 0.2) is 23.2 Å². The number of fused-ring (bicyclic) bond motifs is 2. The lowest BCUT2D eigenvalue weighted by Crippen LogP contribution is -2.49. The maximum atomic E-state index is 14.2. The van der Waals surface area contributed by atoms with Crippen LogP contribution in [0.5, 0.6) is 0 Å². The molecule has 6 rings (SSSR count). The van der Waals surface area contributed by atoms with Crippen molar-refractivity contribution >= 4 is 23.8 Å². The number of halogens is 4. The molecular weight excluding hydrogens is 528 g/mol. The molecule has 39 heavy (non-hydrogen) atoms. The fraction of sp³-hybridized carbons (Fsp3) is 0.207. The Hall–Kier alpha value is -3.76. The van der Waals surface area contributed by atoms with Crippen LogP contribution in [0.25, 0.3) is 11.8 Å². The lowest BCUT2D eigenvalue weighted by atomic mass is 9.65. The summed E-state index contributed by atoms with van der Waals surface area (Å²) in [6.07, 6.45) is 6.13. The number of carbonyl (C=O) groups excluding carboxylic acids is 1. The van der Waals surface area contributed by atoms with Crippen molar-refractivity contribution < 1.29 is 22.4 Å². The fourth-order valence-electron chi connectivity index (χ4n) is 5.32. The van der Waals surface area contributed by atoms with Gasteiger partial charge in [-0.05, 0) is 97.4 Å². The van der Waals surface area contributed by atoms with E-state index in [4.69, 9.17) is 0 Å². The zero-order valence-corrected chi connectivity index (χ0v) is 21.6. The molecule has 0 amide bonds. The number of pyridine rings is 1. The lowest BCUT2D eigenvalue weighted by Gasteiger charge is -2.44. The number of Topliss-reactive ketones (excluding diaryl/α,β-unsaturated/α-hetero) is 1. The summed E-state index contributed by atoms with van der Waals surface area (Å²) in [6.45, 7) is 2.63. The van der Waals surface area contributed by atoms with Crippen LogP contribution in [0.1, 0.15) is 33.7 Å². The molecule has 4 aromatic rings. The molecule has 3 heterocycles. The second-order valence-electron chi connectivity index (χ2n) is 9.82. The summed E-state index contributed by atoms with van der Waals surface area (Å²) in [5.74, 6) is -4.54. The van der Waals surface area contributed by atoms with Gasteiger partial charge in [-0.1, -0.05) is 5.57 Å². The third-order valence-corrected chi connectivity index (χ3v) is 8.24. The maximum absolute atomic E-state index is 14.2. The molecule has 0 radical (unpaired) electrons. The summed E-state index contributed by atoms with van der Waals surface area (Å²) in [6, 6.07) is 11.5. The van der Waals surface area contributed by atoms with Gasteiger partial charge < -0.3 is 0 Å².